The minimum absolute atomic E-state index is 0.0226. The Hall–Kier alpha value is -2.57. The van der Waals surface area contributed by atoms with Crippen molar-refractivity contribution in [1.82, 2.24) is 15.0 Å². The number of benzene rings is 1. The fraction of sp³-hybridized carbons (Fsp3) is 0.167. The largest absolute Gasteiger partial charge is 0.464 e. The molecular formula is C12H10FN3O3. The number of rotatable bonds is 4. The average molecular weight is 263 g/mol. The molecule has 0 unspecified atom stereocenters. The van der Waals surface area contributed by atoms with E-state index in [4.69, 9.17) is 0 Å². The zero-order chi connectivity index (χ0) is 13.8. The molecule has 0 aliphatic carbocycles. The Labute approximate surface area is 107 Å². The third-order valence-corrected chi connectivity index (χ3v) is 2.40. The van der Waals surface area contributed by atoms with E-state index in [1.807, 2.05) is 0 Å². The van der Waals surface area contributed by atoms with Crippen molar-refractivity contribution in [3.8, 4) is 0 Å². The summed E-state index contributed by atoms with van der Waals surface area (Å²) < 4.78 is 18.4. The summed E-state index contributed by atoms with van der Waals surface area (Å²) in [5.41, 5.74) is 0.380. The van der Waals surface area contributed by atoms with E-state index in [-0.39, 0.29) is 18.0 Å². The third kappa shape index (κ3) is 3.01. The summed E-state index contributed by atoms with van der Waals surface area (Å²) in [6.07, 6.45) is 1.31. The number of hydrogen-bond donors (Lipinski definition) is 0. The van der Waals surface area contributed by atoms with Crippen LogP contribution in [0, 0.1) is 5.82 Å². The molecule has 1 aromatic carbocycles. The Morgan fingerprint density at radius 1 is 1.32 bits per heavy atom. The fourth-order valence-electron chi connectivity index (χ4n) is 1.45. The Morgan fingerprint density at radius 2 is 2.00 bits per heavy atom. The van der Waals surface area contributed by atoms with E-state index in [1.165, 1.54) is 42.3 Å². The van der Waals surface area contributed by atoms with Gasteiger partial charge in [-0.2, -0.15) is 0 Å². The number of carbonyl (C=O) groups is 2. The Morgan fingerprint density at radius 3 is 2.63 bits per heavy atom. The second kappa shape index (κ2) is 5.38. The average Bonchev–Trinajstić information content (AvgIpc) is 2.87. The summed E-state index contributed by atoms with van der Waals surface area (Å²) in [4.78, 5) is 23.0. The lowest BCUT2D eigenvalue weighted by atomic mass is 10.1. The highest BCUT2D eigenvalue weighted by atomic mass is 19.1. The van der Waals surface area contributed by atoms with Crippen LogP contribution in [-0.2, 0) is 11.3 Å². The standard InChI is InChI=1S/C12H10FN3O3/c1-19-12(18)10-6-16(15-14-10)7-11(17)8-2-4-9(13)5-3-8/h2-6H,7H2,1H3. The Kier molecular flexibility index (Phi) is 3.65. The number of esters is 1. The van der Waals surface area contributed by atoms with Gasteiger partial charge in [0.1, 0.15) is 12.4 Å². The van der Waals surface area contributed by atoms with E-state index in [0.717, 1.165) is 0 Å². The second-order valence-electron chi connectivity index (χ2n) is 3.72. The molecule has 19 heavy (non-hydrogen) atoms. The molecule has 0 saturated carbocycles. The maximum absolute atomic E-state index is 12.7. The van der Waals surface area contributed by atoms with Crippen LogP contribution in [0.15, 0.2) is 30.5 Å². The smallest absolute Gasteiger partial charge is 0.360 e. The van der Waals surface area contributed by atoms with E-state index in [0.29, 0.717) is 5.56 Å². The van der Waals surface area contributed by atoms with E-state index < -0.39 is 11.8 Å². The van der Waals surface area contributed by atoms with Crippen LogP contribution in [0.4, 0.5) is 4.39 Å². The highest BCUT2D eigenvalue weighted by molar-refractivity contribution is 5.95. The summed E-state index contributed by atoms with van der Waals surface area (Å²) in [5.74, 6) is -1.30. The zero-order valence-electron chi connectivity index (χ0n) is 10.0. The number of methoxy groups -OCH3 is 1. The third-order valence-electron chi connectivity index (χ3n) is 2.40. The van der Waals surface area contributed by atoms with Crippen LogP contribution in [0.3, 0.4) is 0 Å². The molecule has 0 saturated heterocycles. The lowest BCUT2D eigenvalue weighted by Crippen LogP contribution is -2.11. The number of ether oxygens (including phenoxy) is 1. The maximum atomic E-state index is 12.7. The van der Waals surface area contributed by atoms with Crippen molar-refractivity contribution in [3.05, 3.63) is 47.5 Å². The summed E-state index contributed by atoms with van der Waals surface area (Å²) in [5, 5.41) is 7.21. The lowest BCUT2D eigenvalue weighted by molar-refractivity contribution is 0.0593. The monoisotopic (exact) mass is 263 g/mol. The topological polar surface area (TPSA) is 74.1 Å². The first-order valence-corrected chi connectivity index (χ1v) is 5.37. The van der Waals surface area contributed by atoms with Gasteiger partial charge >= 0.3 is 5.97 Å². The minimum Gasteiger partial charge on any atom is -0.464 e. The molecule has 0 radical (unpaired) electrons. The van der Waals surface area contributed by atoms with Gasteiger partial charge in [0.25, 0.3) is 0 Å². The molecule has 0 aliphatic heterocycles. The molecule has 98 valence electrons. The highest BCUT2D eigenvalue weighted by Gasteiger charge is 2.13. The van der Waals surface area contributed by atoms with Gasteiger partial charge in [-0.3, -0.25) is 4.79 Å². The fourth-order valence-corrected chi connectivity index (χ4v) is 1.45. The molecule has 1 heterocycles. The van der Waals surface area contributed by atoms with Crippen LogP contribution < -0.4 is 0 Å². The van der Waals surface area contributed by atoms with Crippen LogP contribution >= 0.6 is 0 Å². The van der Waals surface area contributed by atoms with Gasteiger partial charge in [-0.1, -0.05) is 5.21 Å². The molecule has 0 spiro atoms. The lowest BCUT2D eigenvalue weighted by Gasteiger charge is -2.00. The van der Waals surface area contributed by atoms with Gasteiger partial charge in [-0.05, 0) is 24.3 Å². The Bertz CT molecular complexity index is 607. The van der Waals surface area contributed by atoms with Gasteiger partial charge < -0.3 is 4.74 Å². The minimum atomic E-state index is -0.625. The van der Waals surface area contributed by atoms with E-state index in [1.54, 1.807) is 0 Å². The molecule has 0 bridgehead atoms. The summed E-state index contributed by atoms with van der Waals surface area (Å²) in [6.45, 7) is -0.0877. The summed E-state index contributed by atoms with van der Waals surface area (Å²) >= 11 is 0. The van der Waals surface area contributed by atoms with Crippen LogP contribution in [0.1, 0.15) is 20.8 Å². The first-order valence-electron chi connectivity index (χ1n) is 5.37. The van der Waals surface area contributed by atoms with Gasteiger partial charge in [0.05, 0.1) is 13.3 Å². The molecule has 2 rings (SSSR count). The maximum Gasteiger partial charge on any atom is 0.360 e. The van der Waals surface area contributed by atoms with Crippen LogP contribution in [-0.4, -0.2) is 33.9 Å². The molecule has 0 atom stereocenters. The van der Waals surface area contributed by atoms with E-state index in [9.17, 15) is 14.0 Å². The number of aromatic nitrogens is 3. The van der Waals surface area contributed by atoms with Crippen molar-refractivity contribution in [2.75, 3.05) is 7.11 Å². The zero-order valence-corrected chi connectivity index (χ0v) is 10.0. The van der Waals surface area contributed by atoms with Gasteiger partial charge in [0.2, 0.25) is 0 Å². The molecule has 1 aromatic heterocycles. The van der Waals surface area contributed by atoms with Crippen molar-refractivity contribution < 1.29 is 18.7 Å². The SMILES string of the molecule is COC(=O)c1cn(CC(=O)c2ccc(F)cc2)nn1. The quantitative estimate of drug-likeness (QED) is 0.609. The van der Waals surface area contributed by atoms with Gasteiger partial charge in [0, 0.05) is 5.56 Å². The molecule has 0 amide bonds. The normalized spacial score (nSPS) is 10.2. The molecular weight excluding hydrogens is 253 g/mol. The summed E-state index contributed by atoms with van der Waals surface area (Å²) in [6, 6.07) is 5.18. The highest BCUT2D eigenvalue weighted by Crippen LogP contribution is 2.05. The Balaban J connectivity index is 2.08. The van der Waals surface area contributed by atoms with Gasteiger partial charge in [-0.25, -0.2) is 13.9 Å². The number of Topliss-reactive ketones (excluding diaryl/α,β-unsaturated/α-hetero) is 1. The number of ketones is 1. The molecule has 0 fully saturated rings. The van der Waals surface area contributed by atoms with Gasteiger partial charge in [-0.15, -0.1) is 5.10 Å². The van der Waals surface area contributed by atoms with Crippen LogP contribution in [0.2, 0.25) is 0 Å². The second-order valence-corrected chi connectivity index (χ2v) is 3.72. The molecule has 7 heteroatoms. The molecule has 0 aliphatic rings. The predicted octanol–water partition coefficient (Wildman–Crippen LogP) is 1.09. The summed E-state index contributed by atoms with van der Waals surface area (Å²) in [7, 11) is 1.23. The van der Waals surface area contributed by atoms with E-state index in [2.05, 4.69) is 15.0 Å². The number of halogens is 1. The molecule has 2 aromatic rings. The first-order chi connectivity index (χ1) is 9.10. The number of hydrogen-bond acceptors (Lipinski definition) is 5. The van der Waals surface area contributed by atoms with Crippen molar-refractivity contribution in [3.63, 3.8) is 0 Å². The first kappa shape index (κ1) is 12.9. The molecule has 6 nitrogen and oxygen atoms in total. The van der Waals surface area contributed by atoms with Crippen LogP contribution in [0.5, 0.6) is 0 Å². The number of carbonyl (C=O) groups excluding carboxylic acids is 2. The predicted molar refractivity (Wildman–Crippen MR) is 62.1 cm³/mol. The van der Waals surface area contributed by atoms with E-state index >= 15 is 0 Å². The van der Waals surface area contributed by atoms with Crippen molar-refractivity contribution in [2.24, 2.45) is 0 Å². The van der Waals surface area contributed by atoms with Gasteiger partial charge in [0.15, 0.2) is 11.5 Å². The van der Waals surface area contributed by atoms with Crippen molar-refractivity contribution in [1.29, 1.82) is 0 Å². The van der Waals surface area contributed by atoms with Crippen LogP contribution in [0.25, 0.3) is 0 Å². The van der Waals surface area contributed by atoms with Crippen molar-refractivity contribution in [2.45, 2.75) is 6.54 Å². The molecule has 0 N–H and O–H groups in total. The van der Waals surface area contributed by atoms with Crippen molar-refractivity contribution >= 4 is 11.8 Å². The number of nitrogens with zero attached hydrogens (tertiary/aromatic N) is 3.